The first kappa shape index (κ1) is 18.0. The molecule has 1 aliphatic heterocycles. The summed E-state index contributed by atoms with van der Waals surface area (Å²) >= 11 is 0. The number of halogens is 1. The summed E-state index contributed by atoms with van der Waals surface area (Å²) in [5.41, 5.74) is 2.50. The molecule has 6 nitrogen and oxygen atoms in total. The lowest BCUT2D eigenvalue weighted by Gasteiger charge is -2.36. The maximum atomic E-state index is 13.9. The highest BCUT2D eigenvalue weighted by Crippen LogP contribution is 2.20. The summed E-state index contributed by atoms with van der Waals surface area (Å²) in [6.07, 6.45) is 3.66. The molecule has 0 spiro atoms. The third kappa shape index (κ3) is 3.98. The molecule has 0 unspecified atom stereocenters. The van der Waals surface area contributed by atoms with Gasteiger partial charge in [0.1, 0.15) is 5.82 Å². The van der Waals surface area contributed by atoms with E-state index in [9.17, 15) is 9.18 Å². The van der Waals surface area contributed by atoms with Crippen LogP contribution in [0.2, 0.25) is 0 Å². The molecule has 0 bridgehead atoms. The van der Waals surface area contributed by atoms with Crippen molar-refractivity contribution in [3.63, 3.8) is 0 Å². The lowest BCUT2D eigenvalue weighted by atomic mass is 10.2. The molecular weight excluding hydrogens is 357 g/mol. The Morgan fingerprint density at radius 1 is 1.00 bits per heavy atom. The molecule has 2 amide bonds. The second-order valence-electron chi connectivity index (χ2n) is 6.71. The third-order valence-electron chi connectivity index (χ3n) is 4.86. The van der Waals surface area contributed by atoms with Gasteiger partial charge in [-0.05, 0) is 24.3 Å². The van der Waals surface area contributed by atoms with E-state index in [2.05, 4.69) is 10.4 Å². The van der Waals surface area contributed by atoms with Gasteiger partial charge in [0.2, 0.25) is 0 Å². The van der Waals surface area contributed by atoms with Crippen molar-refractivity contribution in [1.82, 2.24) is 20.0 Å². The number of para-hydroxylation sites is 2. The Labute approximate surface area is 163 Å². The van der Waals surface area contributed by atoms with Crippen LogP contribution in [0.4, 0.5) is 14.9 Å². The molecule has 2 aromatic carbocycles. The van der Waals surface area contributed by atoms with E-state index in [0.717, 1.165) is 11.3 Å². The fourth-order valence-corrected chi connectivity index (χ4v) is 3.32. The van der Waals surface area contributed by atoms with Crippen LogP contribution in [-0.2, 0) is 6.54 Å². The normalized spacial score (nSPS) is 14.2. The summed E-state index contributed by atoms with van der Waals surface area (Å²) in [7, 11) is 0. The summed E-state index contributed by atoms with van der Waals surface area (Å²) in [6, 6.07) is 16.5. The van der Waals surface area contributed by atoms with E-state index in [0.29, 0.717) is 38.4 Å². The number of carbonyl (C=O) groups excluding carboxylic acids is 1. The van der Waals surface area contributed by atoms with E-state index in [1.54, 1.807) is 27.9 Å². The smallest absolute Gasteiger partial charge is 0.317 e. The van der Waals surface area contributed by atoms with Crippen LogP contribution in [0.5, 0.6) is 0 Å². The van der Waals surface area contributed by atoms with Crippen molar-refractivity contribution in [2.45, 2.75) is 6.54 Å². The molecule has 2 heterocycles. The lowest BCUT2D eigenvalue weighted by Crippen LogP contribution is -2.51. The van der Waals surface area contributed by atoms with Gasteiger partial charge >= 0.3 is 6.03 Å². The molecule has 28 heavy (non-hydrogen) atoms. The van der Waals surface area contributed by atoms with Crippen LogP contribution in [0.15, 0.2) is 67.0 Å². The van der Waals surface area contributed by atoms with Gasteiger partial charge in [-0.25, -0.2) is 13.9 Å². The Balaban J connectivity index is 1.28. The highest BCUT2D eigenvalue weighted by atomic mass is 19.1. The summed E-state index contributed by atoms with van der Waals surface area (Å²) < 4.78 is 15.7. The Kier molecular flexibility index (Phi) is 5.23. The molecule has 0 radical (unpaired) electrons. The molecule has 7 heteroatoms. The molecule has 3 aromatic rings. The first-order valence-electron chi connectivity index (χ1n) is 9.32. The number of anilines is 1. The average Bonchev–Trinajstić information content (AvgIpc) is 3.22. The number of carbonyl (C=O) groups is 1. The zero-order valence-electron chi connectivity index (χ0n) is 15.5. The fourth-order valence-electron chi connectivity index (χ4n) is 3.32. The number of hydrogen-bond donors (Lipinski definition) is 1. The quantitative estimate of drug-likeness (QED) is 0.758. The molecule has 144 valence electrons. The standard InChI is InChI=1S/C21H22FN5O/c22-19-8-4-5-9-20(19)25-10-12-26(13-11-25)21(28)23-14-17-15-24-27(16-17)18-6-2-1-3-7-18/h1-9,15-16H,10-14H2,(H,23,28). The molecule has 0 aliphatic carbocycles. The van der Waals surface area contributed by atoms with Crippen LogP contribution in [0.3, 0.4) is 0 Å². The molecule has 1 fully saturated rings. The number of nitrogens with one attached hydrogen (secondary N) is 1. The largest absolute Gasteiger partial charge is 0.366 e. The van der Waals surface area contributed by atoms with Crippen molar-refractivity contribution in [2.75, 3.05) is 31.1 Å². The number of aromatic nitrogens is 2. The summed E-state index contributed by atoms with van der Waals surface area (Å²) in [6.45, 7) is 2.76. The number of nitrogens with zero attached hydrogens (tertiary/aromatic N) is 4. The van der Waals surface area contributed by atoms with E-state index in [4.69, 9.17) is 0 Å². The molecule has 1 N–H and O–H groups in total. The van der Waals surface area contributed by atoms with E-state index >= 15 is 0 Å². The van der Waals surface area contributed by atoms with Gasteiger partial charge in [0.15, 0.2) is 0 Å². The minimum Gasteiger partial charge on any atom is -0.366 e. The summed E-state index contributed by atoms with van der Waals surface area (Å²) in [5.74, 6) is -0.226. The fraction of sp³-hybridized carbons (Fsp3) is 0.238. The predicted octanol–water partition coefficient (Wildman–Crippen LogP) is 3.04. The topological polar surface area (TPSA) is 53.4 Å². The number of piperazine rings is 1. The zero-order chi connectivity index (χ0) is 19.3. The Morgan fingerprint density at radius 3 is 2.46 bits per heavy atom. The minimum atomic E-state index is -0.226. The maximum absolute atomic E-state index is 13.9. The molecule has 1 saturated heterocycles. The van der Waals surface area contributed by atoms with Crippen LogP contribution in [-0.4, -0.2) is 46.9 Å². The van der Waals surface area contributed by atoms with Gasteiger partial charge in [0.25, 0.3) is 0 Å². The Hall–Kier alpha value is -3.35. The SMILES string of the molecule is O=C(NCc1cnn(-c2ccccc2)c1)N1CCN(c2ccccc2F)CC1. The Morgan fingerprint density at radius 2 is 1.71 bits per heavy atom. The van der Waals surface area contributed by atoms with Gasteiger partial charge in [0, 0.05) is 44.5 Å². The third-order valence-corrected chi connectivity index (χ3v) is 4.86. The van der Waals surface area contributed by atoms with Crippen molar-refractivity contribution in [3.05, 3.63) is 78.4 Å². The van der Waals surface area contributed by atoms with Crippen LogP contribution in [0, 0.1) is 5.82 Å². The van der Waals surface area contributed by atoms with Crippen LogP contribution < -0.4 is 10.2 Å². The Bertz CT molecular complexity index is 935. The second kappa shape index (κ2) is 8.12. The van der Waals surface area contributed by atoms with Crippen molar-refractivity contribution in [3.8, 4) is 5.69 Å². The van der Waals surface area contributed by atoms with E-state index in [1.165, 1.54) is 6.07 Å². The number of amides is 2. The van der Waals surface area contributed by atoms with Gasteiger partial charge < -0.3 is 15.1 Å². The predicted molar refractivity (Wildman–Crippen MR) is 106 cm³/mol. The second-order valence-corrected chi connectivity index (χ2v) is 6.71. The molecule has 0 atom stereocenters. The summed E-state index contributed by atoms with van der Waals surface area (Å²) in [5, 5.41) is 7.28. The van der Waals surface area contributed by atoms with Crippen molar-refractivity contribution >= 4 is 11.7 Å². The highest BCUT2D eigenvalue weighted by Gasteiger charge is 2.22. The summed E-state index contributed by atoms with van der Waals surface area (Å²) in [4.78, 5) is 16.2. The first-order chi connectivity index (χ1) is 13.7. The zero-order valence-corrected chi connectivity index (χ0v) is 15.5. The monoisotopic (exact) mass is 379 g/mol. The number of rotatable bonds is 4. The molecule has 1 aromatic heterocycles. The number of urea groups is 1. The lowest BCUT2D eigenvalue weighted by molar-refractivity contribution is 0.194. The van der Waals surface area contributed by atoms with Crippen molar-refractivity contribution in [1.29, 1.82) is 0 Å². The van der Waals surface area contributed by atoms with Gasteiger partial charge in [-0.1, -0.05) is 30.3 Å². The van der Waals surface area contributed by atoms with E-state index in [1.807, 2.05) is 47.5 Å². The van der Waals surface area contributed by atoms with Crippen LogP contribution in [0.25, 0.3) is 5.69 Å². The van der Waals surface area contributed by atoms with Gasteiger partial charge in [-0.15, -0.1) is 0 Å². The van der Waals surface area contributed by atoms with Crippen molar-refractivity contribution < 1.29 is 9.18 Å². The van der Waals surface area contributed by atoms with E-state index in [-0.39, 0.29) is 11.8 Å². The molecule has 4 rings (SSSR count). The van der Waals surface area contributed by atoms with Crippen LogP contribution >= 0.6 is 0 Å². The van der Waals surface area contributed by atoms with E-state index < -0.39 is 0 Å². The maximum Gasteiger partial charge on any atom is 0.317 e. The minimum absolute atomic E-state index is 0.111. The molecule has 1 aliphatic rings. The number of hydrogen-bond acceptors (Lipinski definition) is 3. The van der Waals surface area contributed by atoms with Gasteiger partial charge in [0.05, 0.1) is 17.6 Å². The molecule has 0 saturated carbocycles. The highest BCUT2D eigenvalue weighted by molar-refractivity contribution is 5.74. The number of benzene rings is 2. The first-order valence-corrected chi connectivity index (χ1v) is 9.32. The van der Waals surface area contributed by atoms with Crippen LogP contribution in [0.1, 0.15) is 5.56 Å². The average molecular weight is 379 g/mol. The van der Waals surface area contributed by atoms with Gasteiger partial charge in [-0.3, -0.25) is 0 Å². The van der Waals surface area contributed by atoms with Crippen molar-refractivity contribution in [2.24, 2.45) is 0 Å². The van der Waals surface area contributed by atoms with Gasteiger partial charge in [-0.2, -0.15) is 5.10 Å². The molecular formula is C21H22FN5O.